The molecule has 0 spiro atoms. The first-order chi connectivity index (χ1) is 9.02. The van der Waals surface area contributed by atoms with Gasteiger partial charge in [-0.3, -0.25) is 9.69 Å². The number of amides is 1. The van der Waals surface area contributed by atoms with Crippen LogP contribution in [-0.4, -0.2) is 26.3 Å². The third-order valence-corrected chi connectivity index (χ3v) is 4.38. The molecule has 3 nitrogen and oxygen atoms in total. The monoisotopic (exact) mass is 293 g/mol. The molecule has 1 aromatic rings. The molecule has 1 aromatic carbocycles. The number of phenols is 1. The van der Waals surface area contributed by atoms with Crippen molar-refractivity contribution < 1.29 is 9.90 Å². The molecule has 1 aliphatic rings. The molecule has 100 valence electrons. The average molecular weight is 293 g/mol. The zero-order chi connectivity index (χ0) is 14.0. The number of carbonyl (C=O) groups is 1. The number of aromatic hydroxyl groups is 1. The molecule has 1 N–H and O–H groups in total. The maximum Gasteiger partial charge on any atom is 0.266 e. The van der Waals surface area contributed by atoms with Gasteiger partial charge in [-0.05, 0) is 37.1 Å². The Hall–Kier alpha value is -1.33. The van der Waals surface area contributed by atoms with Gasteiger partial charge in [0.2, 0.25) is 0 Å². The lowest BCUT2D eigenvalue weighted by Gasteiger charge is -2.21. The smallest absolute Gasteiger partial charge is 0.266 e. The van der Waals surface area contributed by atoms with Crippen molar-refractivity contribution in [3.05, 3.63) is 34.7 Å². The van der Waals surface area contributed by atoms with E-state index in [-0.39, 0.29) is 17.7 Å². The Labute approximate surface area is 122 Å². The van der Waals surface area contributed by atoms with Gasteiger partial charge in [0.15, 0.2) is 0 Å². The van der Waals surface area contributed by atoms with Gasteiger partial charge in [-0.25, -0.2) is 0 Å². The zero-order valence-corrected chi connectivity index (χ0v) is 12.4. The number of hydrogen-bond acceptors (Lipinski definition) is 4. The largest absolute Gasteiger partial charge is 0.508 e. The number of phenolic OH excluding ortho intramolecular Hbond substituents is 1. The van der Waals surface area contributed by atoms with Crippen LogP contribution in [0.15, 0.2) is 29.2 Å². The van der Waals surface area contributed by atoms with E-state index in [1.54, 1.807) is 35.2 Å². The Kier molecular flexibility index (Phi) is 4.27. The van der Waals surface area contributed by atoms with Gasteiger partial charge >= 0.3 is 0 Å². The van der Waals surface area contributed by atoms with E-state index in [0.717, 1.165) is 12.0 Å². The van der Waals surface area contributed by atoms with Crippen LogP contribution in [0.2, 0.25) is 0 Å². The number of thioether (sulfide) groups is 1. The number of carbonyl (C=O) groups excluding carboxylic acids is 1. The van der Waals surface area contributed by atoms with Crippen LogP contribution in [-0.2, 0) is 4.79 Å². The Morgan fingerprint density at radius 2 is 2.05 bits per heavy atom. The second kappa shape index (κ2) is 5.75. The highest BCUT2D eigenvalue weighted by Crippen LogP contribution is 2.34. The summed E-state index contributed by atoms with van der Waals surface area (Å²) in [5, 5.41) is 9.24. The molecule has 1 atom stereocenters. The van der Waals surface area contributed by atoms with Crippen molar-refractivity contribution in [1.29, 1.82) is 0 Å². The summed E-state index contributed by atoms with van der Waals surface area (Å²) in [5.41, 5.74) is 0.877. The van der Waals surface area contributed by atoms with Crippen LogP contribution in [0.4, 0.5) is 0 Å². The Morgan fingerprint density at radius 3 is 2.63 bits per heavy atom. The van der Waals surface area contributed by atoms with Crippen LogP contribution in [0, 0.1) is 0 Å². The summed E-state index contributed by atoms with van der Waals surface area (Å²) in [5.74, 6) is 0.182. The van der Waals surface area contributed by atoms with Crippen LogP contribution in [0.1, 0.15) is 25.8 Å². The molecular formula is C14H15NO2S2. The maximum absolute atomic E-state index is 12.3. The molecule has 1 heterocycles. The predicted octanol–water partition coefficient (Wildman–Crippen LogP) is 3.39. The highest BCUT2D eigenvalue weighted by molar-refractivity contribution is 8.26. The lowest BCUT2D eigenvalue weighted by atomic mass is 10.2. The third kappa shape index (κ3) is 2.98. The summed E-state index contributed by atoms with van der Waals surface area (Å²) in [6.07, 6.45) is 2.68. The van der Waals surface area contributed by atoms with E-state index >= 15 is 0 Å². The van der Waals surface area contributed by atoms with Gasteiger partial charge in [0.05, 0.1) is 4.91 Å². The van der Waals surface area contributed by atoms with Crippen LogP contribution in [0.3, 0.4) is 0 Å². The first kappa shape index (κ1) is 14.1. The Balaban J connectivity index is 2.25. The molecule has 0 aromatic heterocycles. The molecule has 0 saturated carbocycles. The highest BCUT2D eigenvalue weighted by atomic mass is 32.2. The maximum atomic E-state index is 12.3. The SMILES string of the molecule is CC[C@@H](C)N1C(=O)/C(=C\c2ccc(O)cc2)SC1=S. The zero-order valence-electron chi connectivity index (χ0n) is 10.8. The Bertz CT molecular complexity index is 537. The highest BCUT2D eigenvalue weighted by Gasteiger charge is 2.34. The molecule has 2 rings (SSSR count). The summed E-state index contributed by atoms with van der Waals surface area (Å²) in [7, 11) is 0. The standard InChI is InChI=1S/C14H15NO2S2/c1-3-9(2)15-13(17)12(19-14(15)18)8-10-4-6-11(16)7-5-10/h4-9,16H,3H2,1-2H3/b12-8+/t9-/m1/s1. The fraction of sp³-hybridized carbons (Fsp3) is 0.286. The van der Waals surface area contributed by atoms with E-state index in [1.807, 2.05) is 13.8 Å². The first-order valence-corrected chi connectivity index (χ1v) is 7.31. The molecule has 0 unspecified atom stereocenters. The van der Waals surface area contributed by atoms with Crippen LogP contribution < -0.4 is 0 Å². The van der Waals surface area contributed by atoms with Crippen molar-refractivity contribution in [2.45, 2.75) is 26.3 Å². The quantitative estimate of drug-likeness (QED) is 0.685. The van der Waals surface area contributed by atoms with Crippen LogP contribution in [0.25, 0.3) is 6.08 Å². The van der Waals surface area contributed by atoms with Gasteiger partial charge in [0.25, 0.3) is 5.91 Å². The van der Waals surface area contributed by atoms with Crippen molar-refractivity contribution in [3.8, 4) is 5.75 Å². The lowest BCUT2D eigenvalue weighted by Crippen LogP contribution is -2.36. The summed E-state index contributed by atoms with van der Waals surface area (Å²) in [6.45, 7) is 4.03. The van der Waals surface area contributed by atoms with Gasteiger partial charge in [-0.15, -0.1) is 0 Å². The number of nitrogens with zero attached hydrogens (tertiary/aromatic N) is 1. The molecular weight excluding hydrogens is 278 g/mol. The molecule has 1 saturated heterocycles. The number of rotatable bonds is 3. The fourth-order valence-electron chi connectivity index (χ4n) is 1.76. The molecule has 5 heteroatoms. The third-order valence-electron chi connectivity index (χ3n) is 3.05. The van der Waals surface area contributed by atoms with Gasteiger partial charge in [-0.1, -0.05) is 43.0 Å². The molecule has 0 bridgehead atoms. The molecule has 0 radical (unpaired) electrons. The van der Waals surface area contributed by atoms with E-state index < -0.39 is 0 Å². The van der Waals surface area contributed by atoms with E-state index in [1.165, 1.54) is 11.8 Å². The molecule has 1 amide bonds. The van der Waals surface area contributed by atoms with Crippen molar-refractivity contribution >= 4 is 40.3 Å². The minimum absolute atomic E-state index is 0.0302. The molecule has 19 heavy (non-hydrogen) atoms. The van der Waals surface area contributed by atoms with Crippen LogP contribution >= 0.6 is 24.0 Å². The normalized spacial score (nSPS) is 19.3. The number of hydrogen-bond donors (Lipinski definition) is 1. The van der Waals surface area contributed by atoms with Crippen molar-refractivity contribution in [2.75, 3.05) is 0 Å². The summed E-state index contributed by atoms with van der Waals surface area (Å²) < 4.78 is 0.615. The van der Waals surface area contributed by atoms with E-state index in [0.29, 0.717) is 9.23 Å². The van der Waals surface area contributed by atoms with E-state index in [2.05, 4.69) is 0 Å². The second-order valence-electron chi connectivity index (χ2n) is 4.40. The summed E-state index contributed by atoms with van der Waals surface area (Å²) >= 11 is 6.59. The molecule has 1 fully saturated rings. The van der Waals surface area contributed by atoms with E-state index in [9.17, 15) is 9.90 Å². The van der Waals surface area contributed by atoms with Crippen molar-refractivity contribution in [3.63, 3.8) is 0 Å². The average Bonchev–Trinajstić information content (AvgIpc) is 2.66. The minimum atomic E-state index is -0.0302. The van der Waals surface area contributed by atoms with Gasteiger partial charge in [0.1, 0.15) is 10.1 Å². The topological polar surface area (TPSA) is 40.5 Å². The molecule has 0 aliphatic carbocycles. The summed E-state index contributed by atoms with van der Waals surface area (Å²) in [6, 6.07) is 6.86. The van der Waals surface area contributed by atoms with Gasteiger partial charge in [-0.2, -0.15) is 0 Å². The van der Waals surface area contributed by atoms with Gasteiger partial charge < -0.3 is 5.11 Å². The van der Waals surface area contributed by atoms with Crippen LogP contribution in [0.5, 0.6) is 5.75 Å². The second-order valence-corrected chi connectivity index (χ2v) is 6.08. The number of thiocarbonyl (C=S) groups is 1. The van der Waals surface area contributed by atoms with Crippen molar-refractivity contribution in [2.24, 2.45) is 0 Å². The van der Waals surface area contributed by atoms with Gasteiger partial charge in [0, 0.05) is 6.04 Å². The molecule has 1 aliphatic heterocycles. The lowest BCUT2D eigenvalue weighted by molar-refractivity contribution is -0.123. The van der Waals surface area contributed by atoms with E-state index in [4.69, 9.17) is 12.2 Å². The Morgan fingerprint density at radius 1 is 1.42 bits per heavy atom. The number of benzene rings is 1. The van der Waals surface area contributed by atoms with Crippen molar-refractivity contribution in [1.82, 2.24) is 4.90 Å². The fourth-order valence-corrected chi connectivity index (χ4v) is 3.23. The summed E-state index contributed by atoms with van der Waals surface area (Å²) in [4.78, 5) is 14.6. The first-order valence-electron chi connectivity index (χ1n) is 6.09. The minimum Gasteiger partial charge on any atom is -0.508 e. The predicted molar refractivity (Wildman–Crippen MR) is 82.9 cm³/mol.